The second kappa shape index (κ2) is 6.51. The van der Waals surface area contributed by atoms with Crippen LogP contribution in [0.3, 0.4) is 0 Å². The second-order valence-electron chi connectivity index (χ2n) is 5.46. The molecule has 3 nitrogen and oxygen atoms in total. The van der Waals surface area contributed by atoms with Crippen molar-refractivity contribution in [1.29, 1.82) is 0 Å². The first-order chi connectivity index (χ1) is 9.15. The number of aliphatic hydroxyl groups excluding tert-OH is 1. The molecule has 0 heterocycles. The van der Waals surface area contributed by atoms with Crippen molar-refractivity contribution >= 4 is 0 Å². The molecule has 1 aliphatic carbocycles. The standard InChI is InChI=1S/C16H25NO2/c1-4-19-10-9-17(3)15-11-12(2)13-7-5-6-8-14(13)16(15)18/h5-8,12,15-16,18H,4,9-11H2,1-3H3. The van der Waals surface area contributed by atoms with Gasteiger partial charge in [-0.05, 0) is 37.4 Å². The maximum Gasteiger partial charge on any atom is 0.0948 e. The third kappa shape index (κ3) is 3.16. The molecule has 1 aromatic rings. The highest BCUT2D eigenvalue weighted by molar-refractivity contribution is 5.35. The number of benzene rings is 1. The zero-order valence-electron chi connectivity index (χ0n) is 12.2. The van der Waals surface area contributed by atoms with Crippen molar-refractivity contribution in [2.75, 3.05) is 26.8 Å². The van der Waals surface area contributed by atoms with Crippen LogP contribution in [0.25, 0.3) is 0 Å². The average Bonchev–Trinajstić information content (AvgIpc) is 2.43. The van der Waals surface area contributed by atoms with Gasteiger partial charge in [-0.2, -0.15) is 0 Å². The van der Waals surface area contributed by atoms with Crippen LogP contribution >= 0.6 is 0 Å². The zero-order chi connectivity index (χ0) is 13.8. The van der Waals surface area contributed by atoms with Gasteiger partial charge < -0.3 is 9.84 Å². The quantitative estimate of drug-likeness (QED) is 0.829. The summed E-state index contributed by atoms with van der Waals surface area (Å²) in [6, 6.07) is 8.45. The van der Waals surface area contributed by atoms with E-state index in [1.54, 1.807) is 0 Å². The Hall–Kier alpha value is -0.900. The van der Waals surface area contributed by atoms with E-state index in [1.807, 2.05) is 13.0 Å². The van der Waals surface area contributed by atoms with Crippen molar-refractivity contribution in [1.82, 2.24) is 4.90 Å². The summed E-state index contributed by atoms with van der Waals surface area (Å²) < 4.78 is 5.40. The highest BCUT2D eigenvalue weighted by Gasteiger charge is 2.33. The van der Waals surface area contributed by atoms with Gasteiger partial charge in [-0.15, -0.1) is 0 Å². The van der Waals surface area contributed by atoms with Gasteiger partial charge in [0.05, 0.1) is 12.7 Å². The van der Waals surface area contributed by atoms with E-state index in [4.69, 9.17) is 4.74 Å². The van der Waals surface area contributed by atoms with Crippen molar-refractivity contribution in [2.24, 2.45) is 0 Å². The molecule has 0 radical (unpaired) electrons. The number of nitrogens with zero attached hydrogens (tertiary/aromatic N) is 1. The van der Waals surface area contributed by atoms with Crippen molar-refractivity contribution in [3.63, 3.8) is 0 Å². The molecule has 3 heteroatoms. The Bertz CT molecular complexity index is 407. The lowest BCUT2D eigenvalue weighted by Gasteiger charge is -2.39. The minimum atomic E-state index is -0.390. The Labute approximate surface area is 116 Å². The summed E-state index contributed by atoms with van der Waals surface area (Å²) >= 11 is 0. The number of aliphatic hydroxyl groups is 1. The predicted octanol–water partition coefficient (Wildman–Crippen LogP) is 2.56. The van der Waals surface area contributed by atoms with Crippen molar-refractivity contribution in [2.45, 2.75) is 38.3 Å². The van der Waals surface area contributed by atoms with E-state index in [2.05, 4.69) is 37.1 Å². The second-order valence-corrected chi connectivity index (χ2v) is 5.46. The van der Waals surface area contributed by atoms with Gasteiger partial charge in [-0.1, -0.05) is 31.2 Å². The SMILES string of the molecule is CCOCCN(C)C1CC(C)c2ccccc2C1O. The van der Waals surface area contributed by atoms with Gasteiger partial charge in [-0.25, -0.2) is 0 Å². The minimum Gasteiger partial charge on any atom is -0.387 e. The summed E-state index contributed by atoms with van der Waals surface area (Å²) in [6.07, 6.45) is 0.611. The van der Waals surface area contributed by atoms with E-state index in [9.17, 15) is 5.11 Å². The molecule has 3 unspecified atom stereocenters. The molecule has 1 N–H and O–H groups in total. The van der Waals surface area contributed by atoms with Crippen LogP contribution in [0.1, 0.15) is 43.4 Å². The third-order valence-electron chi connectivity index (χ3n) is 4.16. The molecule has 0 bridgehead atoms. The zero-order valence-corrected chi connectivity index (χ0v) is 12.2. The van der Waals surface area contributed by atoms with Crippen LogP contribution in [-0.2, 0) is 4.74 Å². The molecule has 19 heavy (non-hydrogen) atoms. The van der Waals surface area contributed by atoms with Crippen molar-refractivity contribution < 1.29 is 9.84 Å². The average molecular weight is 263 g/mol. The van der Waals surface area contributed by atoms with Crippen LogP contribution in [0.2, 0.25) is 0 Å². The van der Waals surface area contributed by atoms with Crippen molar-refractivity contribution in [3.05, 3.63) is 35.4 Å². The molecular formula is C16H25NO2. The topological polar surface area (TPSA) is 32.7 Å². The number of rotatable bonds is 5. The highest BCUT2D eigenvalue weighted by Crippen LogP contribution is 2.39. The number of hydrogen-bond acceptors (Lipinski definition) is 3. The molecular weight excluding hydrogens is 238 g/mol. The van der Waals surface area contributed by atoms with E-state index in [1.165, 1.54) is 5.56 Å². The molecule has 0 amide bonds. The molecule has 0 aromatic heterocycles. The van der Waals surface area contributed by atoms with Crippen LogP contribution in [0.15, 0.2) is 24.3 Å². The van der Waals surface area contributed by atoms with E-state index < -0.39 is 0 Å². The van der Waals surface area contributed by atoms with E-state index in [-0.39, 0.29) is 12.1 Å². The number of fused-ring (bicyclic) bond motifs is 1. The molecule has 1 aliphatic rings. The largest absolute Gasteiger partial charge is 0.387 e. The summed E-state index contributed by atoms with van der Waals surface area (Å²) in [4.78, 5) is 2.23. The summed E-state index contributed by atoms with van der Waals surface area (Å²) in [7, 11) is 2.08. The maximum absolute atomic E-state index is 10.6. The monoisotopic (exact) mass is 263 g/mol. The van der Waals surface area contributed by atoms with Gasteiger partial charge in [0, 0.05) is 19.2 Å². The molecule has 106 valence electrons. The molecule has 0 aliphatic heterocycles. The Morgan fingerprint density at radius 2 is 2.00 bits per heavy atom. The normalized spacial score (nSPS) is 26.5. The Morgan fingerprint density at radius 3 is 2.68 bits per heavy atom. The maximum atomic E-state index is 10.6. The smallest absolute Gasteiger partial charge is 0.0948 e. The Kier molecular flexibility index (Phi) is 4.97. The highest BCUT2D eigenvalue weighted by atomic mass is 16.5. The van der Waals surface area contributed by atoms with E-state index in [0.29, 0.717) is 5.92 Å². The first-order valence-corrected chi connectivity index (χ1v) is 7.20. The first-order valence-electron chi connectivity index (χ1n) is 7.20. The van der Waals surface area contributed by atoms with Crippen LogP contribution in [0, 0.1) is 0 Å². The Balaban J connectivity index is 2.08. The van der Waals surface area contributed by atoms with Gasteiger partial charge in [0.1, 0.15) is 0 Å². The lowest BCUT2D eigenvalue weighted by atomic mass is 9.79. The molecule has 0 saturated heterocycles. The summed E-state index contributed by atoms with van der Waals surface area (Å²) in [5, 5.41) is 10.6. The number of likely N-dealkylation sites (N-methyl/N-ethyl adjacent to an activating group) is 1. The molecule has 1 aromatic carbocycles. The third-order valence-corrected chi connectivity index (χ3v) is 4.16. The van der Waals surface area contributed by atoms with Crippen molar-refractivity contribution in [3.8, 4) is 0 Å². The molecule has 3 atom stereocenters. The summed E-state index contributed by atoms with van der Waals surface area (Å²) in [5.41, 5.74) is 2.39. The molecule has 2 rings (SSSR count). The summed E-state index contributed by atoms with van der Waals surface area (Å²) in [6.45, 7) is 6.60. The van der Waals surface area contributed by atoms with Gasteiger partial charge in [-0.3, -0.25) is 4.90 Å². The van der Waals surface area contributed by atoms with Gasteiger partial charge in [0.15, 0.2) is 0 Å². The fourth-order valence-electron chi connectivity index (χ4n) is 2.99. The van der Waals surface area contributed by atoms with E-state index >= 15 is 0 Å². The molecule has 0 fully saturated rings. The summed E-state index contributed by atoms with van der Waals surface area (Å²) in [5.74, 6) is 0.499. The van der Waals surface area contributed by atoms with Crippen LogP contribution in [0.5, 0.6) is 0 Å². The van der Waals surface area contributed by atoms with Crippen LogP contribution in [-0.4, -0.2) is 42.9 Å². The minimum absolute atomic E-state index is 0.186. The lowest BCUT2D eigenvalue weighted by molar-refractivity contribution is 0.0276. The number of ether oxygens (including phenoxy) is 1. The fraction of sp³-hybridized carbons (Fsp3) is 0.625. The Morgan fingerprint density at radius 1 is 1.32 bits per heavy atom. The molecule has 0 spiro atoms. The van der Waals surface area contributed by atoms with E-state index in [0.717, 1.165) is 31.7 Å². The first kappa shape index (κ1) is 14.5. The van der Waals surface area contributed by atoms with Gasteiger partial charge >= 0.3 is 0 Å². The molecule has 0 saturated carbocycles. The van der Waals surface area contributed by atoms with Crippen LogP contribution < -0.4 is 0 Å². The van der Waals surface area contributed by atoms with Crippen LogP contribution in [0.4, 0.5) is 0 Å². The lowest BCUT2D eigenvalue weighted by Crippen LogP contribution is -2.42. The van der Waals surface area contributed by atoms with Gasteiger partial charge in [0.2, 0.25) is 0 Å². The number of hydrogen-bond donors (Lipinski definition) is 1. The fourth-order valence-corrected chi connectivity index (χ4v) is 2.99. The van der Waals surface area contributed by atoms with Gasteiger partial charge in [0.25, 0.3) is 0 Å². The predicted molar refractivity (Wildman–Crippen MR) is 77.3 cm³/mol.